The largest absolute Gasteiger partial charge is 0.299 e. The van der Waals surface area contributed by atoms with E-state index in [2.05, 4.69) is 31.4 Å². The molecule has 3 aromatic carbocycles. The smallest absolute Gasteiger partial charge is 0.264 e. The summed E-state index contributed by atoms with van der Waals surface area (Å²) in [6.45, 7) is 1.45. The van der Waals surface area contributed by atoms with Crippen molar-refractivity contribution in [1.29, 1.82) is 0 Å². The fourth-order valence-electron chi connectivity index (χ4n) is 3.04. The number of anilines is 2. The van der Waals surface area contributed by atoms with E-state index in [1.807, 2.05) is 37.3 Å². The number of aromatic nitrogens is 2. The van der Waals surface area contributed by atoms with Crippen LogP contribution in [0.2, 0.25) is 0 Å². The Balaban J connectivity index is 1.60. The average molecular weight is 543 g/mol. The minimum Gasteiger partial charge on any atom is -0.299 e. The molecule has 1 N–H and O–H groups in total. The number of benzene rings is 3. The third-order valence-electron chi connectivity index (χ3n) is 4.68. The first-order chi connectivity index (χ1) is 15.8. The Morgan fingerprint density at radius 2 is 1.73 bits per heavy atom. The summed E-state index contributed by atoms with van der Waals surface area (Å²) in [6.07, 6.45) is 0. The summed E-state index contributed by atoms with van der Waals surface area (Å²) in [5.41, 5.74) is 2.18. The second-order valence-corrected chi connectivity index (χ2v) is 10.9. The maximum absolute atomic E-state index is 13.4. The molecule has 1 aromatic heterocycles. The molecule has 4 aromatic rings. The van der Waals surface area contributed by atoms with E-state index in [1.165, 1.54) is 23.5 Å². The van der Waals surface area contributed by atoms with Crippen molar-refractivity contribution in [1.82, 2.24) is 10.2 Å². The van der Waals surface area contributed by atoms with Crippen molar-refractivity contribution >= 4 is 54.0 Å². The Bertz CT molecular complexity index is 1370. The number of carbonyl (C=O) groups is 1. The highest BCUT2D eigenvalue weighted by atomic mass is 79.9. The third kappa shape index (κ3) is 5.47. The molecular weight excluding hydrogens is 524 g/mol. The molecule has 0 spiro atoms. The number of nitrogens with zero attached hydrogens (tertiary/aromatic N) is 3. The number of halogens is 1. The Labute approximate surface area is 204 Å². The first-order valence-corrected chi connectivity index (χ1v) is 12.9. The van der Waals surface area contributed by atoms with Crippen LogP contribution in [0.15, 0.2) is 88.2 Å². The van der Waals surface area contributed by atoms with Gasteiger partial charge in [-0.2, -0.15) is 0 Å². The van der Waals surface area contributed by atoms with Gasteiger partial charge in [0.25, 0.3) is 10.0 Å². The van der Waals surface area contributed by atoms with Crippen molar-refractivity contribution in [3.8, 4) is 10.6 Å². The Hall–Kier alpha value is -3.08. The summed E-state index contributed by atoms with van der Waals surface area (Å²) >= 11 is 4.58. The Morgan fingerprint density at radius 1 is 1.00 bits per heavy atom. The van der Waals surface area contributed by atoms with Gasteiger partial charge in [0.2, 0.25) is 11.0 Å². The third-order valence-corrected chi connectivity index (χ3v) is 7.85. The number of hydrogen-bond acceptors (Lipinski definition) is 6. The fourth-order valence-corrected chi connectivity index (χ4v) is 5.61. The van der Waals surface area contributed by atoms with Crippen molar-refractivity contribution in [2.75, 3.05) is 16.2 Å². The van der Waals surface area contributed by atoms with Gasteiger partial charge < -0.3 is 0 Å². The summed E-state index contributed by atoms with van der Waals surface area (Å²) in [4.78, 5) is 13.0. The van der Waals surface area contributed by atoms with E-state index < -0.39 is 22.5 Å². The molecule has 7 nitrogen and oxygen atoms in total. The van der Waals surface area contributed by atoms with Gasteiger partial charge in [-0.25, -0.2) is 8.42 Å². The SMILES string of the molecule is Cc1ccc(S(=O)(=O)N(CC(=O)Nc2nnc(-c3ccccc3)s2)c2cccc(Br)c2)cc1. The molecule has 0 atom stereocenters. The maximum Gasteiger partial charge on any atom is 0.264 e. The van der Waals surface area contributed by atoms with Crippen molar-refractivity contribution in [3.05, 3.63) is 88.9 Å². The van der Waals surface area contributed by atoms with Gasteiger partial charge in [-0.15, -0.1) is 10.2 Å². The van der Waals surface area contributed by atoms with E-state index in [4.69, 9.17) is 0 Å². The second kappa shape index (κ2) is 9.82. The highest BCUT2D eigenvalue weighted by Crippen LogP contribution is 2.28. The number of nitrogens with one attached hydrogen (secondary N) is 1. The molecule has 0 unspecified atom stereocenters. The molecule has 1 amide bonds. The van der Waals surface area contributed by atoms with Gasteiger partial charge in [0.1, 0.15) is 11.6 Å². The molecule has 0 aliphatic rings. The molecular formula is C23H19BrN4O3S2. The van der Waals surface area contributed by atoms with Crippen LogP contribution >= 0.6 is 27.3 Å². The lowest BCUT2D eigenvalue weighted by molar-refractivity contribution is -0.114. The van der Waals surface area contributed by atoms with Gasteiger partial charge in [-0.3, -0.25) is 14.4 Å². The molecule has 168 valence electrons. The minimum atomic E-state index is -3.99. The zero-order chi connectivity index (χ0) is 23.4. The Morgan fingerprint density at radius 3 is 2.42 bits per heavy atom. The predicted molar refractivity (Wildman–Crippen MR) is 134 cm³/mol. The van der Waals surface area contributed by atoms with E-state index in [0.29, 0.717) is 20.3 Å². The van der Waals surface area contributed by atoms with Crippen LogP contribution in [0.25, 0.3) is 10.6 Å². The van der Waals surface area contributed by atoms with Crippen LogP contribution in [-0.2, 0) is 14.8 Å². The van der Waals surface area contributed by atoms with Gasteiger partial charge in [0.15, 0.2) is 0 Å². The van der Waals surface area contributed by atoms with Gasteiger partial charge in [0, 0.05) is 10.0 Å². The predicted octanol–water partition coefficient (Wildman–Crippen LogP) is 5.11. The number of sulfonamides is 1. The standard InChI is InChI=1S/C23H19BrN4O3S2/c1-16-10-12-20(13-11-16)33(30,31)28(19-9-5-8-18(24)14-19)15-21(29)25-23-27-26-22(32-23)17-6-3-2-4-7-17/h2-14H,15H2,1H3,(H,25,27,29). The molecule has 1 heterocycles. The number of hydrogen-bond donors (Lipinski definition) is 1. The van der Waals surface area contributed by atoms with Gasteiger partial charge >= 0.3 is 0 Å². The second-order valence-electron chi connectivity index (χ2n) is 7.13. The lowest BCUT2D eigenvalue weighted by Crippen LogP contribution is -2.38. The molecule has 0 aliphatic heterocycles. The van der Waals surface area contributed by atoms with E-state index in [-0.39, 0.29) is 4.90 Å². The van der Waals surface area contributed by atoms with Crippen LogP contribution in [0.4, 0.5) is 10.8 Å². The summed E-state index contributed by atoms with van der Waals surface area (Å²) in [5, 5.41) is 11.7. The van der Waals surface area contributed by atoms with E-state index >= 15 is 0 Å². The molecule has 33 heavy (non-hydrogen) atoms. The number of carbonyl (C=O) groups excluding carboxylic acids is 1. The summed E-state index contributed by atoms with van der Waals surface area (Å²) in [5.74, 6) is -0.526. The average Bonchev–Trinajstić information content (AvgIpc) is 3.26. The zero-order valence-corrected chi connectivity index (χ0v) is 20.7. The molecule has 0 aliphatic carbocycles. The zero-order valence-electron chi connectivity index (χ0n) is 17.5. The minimum absolute atomic E-state index is 0.100. The molecule has 0 radical (unpaired) electrons. The molecule has 10 heteroatoms. The van der Waals surface area contributed by atoms with Gasteiger partial charge in [0.05, 0.1) is 10.6 Å². The van der Waals surface area contributed by atoms with Crippen molar-refractivity contribution in [2.45, 2.75) is 11.8 Å². The first kappa shape index (κ1) is 23.1. The van der Waals surface area contributed by atoms with Gasteiger partial charge in [-0.05, 0) is 37.3 Å². The van der Waals surface area contributed by atoms with Crippen molar-refractivity contribution in [2.24, 2.45) is 0 Å². The fraction of sp³-hybridized carbons (Fsp3) is 0.0870. The first-order valence-electron chi connectivity index (χ1n) is 9.87. The number of aryl methyl sites for hydroxylation is 1. The van der Waals surface area contributed by atoms with Crippen molar-refractivity contribution < 1.29 is 13.2 Å². The van der Waals surface area contributed by atoms with Crippen LogP contribution < -0.4 is 9.62 Å². The normalized spacial score (nSPS) is 11.2. The Kier molecular flexibility index (Phi) is 6.87. The van der Waals surface area contributed by atoms with E-state index in [0.717, 1.165) is 15.4 Å². The molecule has 0 saturated carbocycles. The quantitative estimate of drug-likeness (QED) is 0.350. The van der Waals surface area contributed by atoms with Crippen LogP contribution in [0, 0.1) is 6.92 Å². The van der Waals surface area contributed by atoms with E-state index in [1.54, 1.807) is 36.4 Å². The number of rotatable bonds is 7. The molecule has 4 rings (SSSR count). The molecule has 0 bridgehead atoms. The topological polar surface area (TPSA) is 92.3 Å². The maximum atomic E-state index is 13.4. The van der Waals surface area contributed by atoms with E-state index in [9.17, 15) is 13.2 Å². The van der Waals surface area contributed by atoms with Crippen LogP contribution in [-0.4, -0.2) is 31.1 Å². The highest BCUT2D eigenvalue weighted by molar-refractivity contribution is 9.10. The lowest BCUT2D eigenvalue weighted by Gasteiger charge is -2.24. The summed E-state index contributed by atoms with van der Waals surface area (Å²) < 4.78 is 28.7. The van der Waals surface area contributed by atoms with Crippen LogP contribution in [0.5, 0.6) is 0 Å². The summed E-state index contributed by atoms with van der Waals surface area (Å²) in [6, 6.07) is 22.8. The molecule has 0 fully saturated rings. The molecule has 0 saturated heterocycles. The van der Waals surface area contributed by atoms with Crippen LogP contribution in [0.3, 0.4) is 0 Å². The van der Waals surface area contributed by atoms with Gasteiger partial charge in [-0.1, -0.05) is 81.4 Å². The van der Waals surface area contributed by atoms with Crippen molar-refractivity contribution in [3.63, 3.8) is 0 Å². The highest BCUT2D eigenvalue weighted by Gasteiger charge is 2.27. The number of amides is 1. The lowest BCUT2D eigenvalue weighted by atomic mass is 10.2. The monoisotopic (exact) mass is 542 g/mol. The van der Waals surface area contributed by atoms with Crippen LogP contribution in [0.1, 0.15) is 5.56 Å². The summed E-state index contributed by atoms with van der Waals surface area (Å²) in [7, 11) is -3.99.